The average Bonchev–Trinajstić information content (AvgIpc) is 2.88. The number of benzene rings is 1. The quantitative estimate of drug-likeness (QED) is 0.734. The van der Waals surface area contributed by atoms with E-state index in [1.807, 2.05) is 6.07 Å². The van der Waals surface area contributed by atoms with E-state index >= 15 is 0 Å². The van der Waals surface area contributed by atoms with E-state index in [2.05, 4.69) is 73.0 Å². The van der Waals surface area contributed by atoms with E-state index < -0.39 is 0 Å². The number of aryl methyl sites for hydroxylation is 1. The lowest BCUT2D eigenvalue weighted by molar-refractivity contribution is 0.606. The number of aromatic nitrogens is 2. The molecule has 0 atom stereocenters. The summed E-state index contributed by atoms with van der Waals surface area (Å²) in [5, 5.41) is 3.61. The molecule has 3 rings (SSSR count). The van der Waals surface area contributed by atoms with Crippen molar-refractivity contribution in [3.8, 4) is 11.3 Å². The minimum absolute atomic E-state index is 0.688. The van der Waals surface area contributed by atoms with Gasteiger partial charge in [0.2, 0.25) is 0 Å². The van der Waals surface area contributed by atoms with E-state index in [1.165, 1.54) is 5.69 Å². The number of pyridine rings is 1. The van der Waals surface area contributed by atoms with E-state index in [-0.39, 0.29) is 0 Å². The van der Waals surface area contributed by atoms with Crippen molar-refractivity contribution >= 4 is 11.5 Å². The number of hydrogen-bond donors (Lipinski definition) is 1. The van der Waals surface area contributed by atoms with Gasteiger partial charge in [-0.05, 0) is 31.4 Å². The van der Waals surface area contributed by atoms with Crippen LogP contribution in [0.3, 0.4) is 0 Å². The number of rotatable bonds is 5. The van der Waals surface area contributed by atoms with Gasteiger partial charge in [-0.3, -0.25) is 4.40 Å². The molecule has 3 heteroatoms. The zero-order chi connectivity index (χ0) is 15.5. The first kappa shape index (κ1) is 14.6. The van der Waals surface area contributed by atoms with Crippen LogP contribution in [0.4, 0.5) is 5.82 Å². The molecule has 2 heterocycles. The fraction of sp³-hybridized carbons (Fsp3) is 0.316. The molecule has 114 valence electrons. The zero-order valence-corrected chi connectivity index (χ0v) is 13.5. The molecule has 2 aromatic heterocycles. The van der Waals surface area contributed by atoms with Gasteiger partial charge in [-0.1, -0.05) is 50.2 Å². The molecule has 22 heavy (non-hydrogen) atoms. The van der Waals surface area contributed by atoms with Crippen molar-refractivity contribution in [3.05, 3.63) is 54.2 Å². The average molecular weight is 293 g/mol. The molecule has 0 aliphatic heterocycles. The summed E-state index contributed by atoms with van der Waals surface area (Å²) >= 11 is 0. The largest absolute Gasteiger partial charge is 0.369 e. The van der Waals surface area contributed by atoms with Gasteiger partial charge < -0.3 is 5.32 Å². The molecule has 0 saturated carbocycles. The Bertz CT molecular complexity index is 757. The van der Waals surface area contributed by atoms with Crippen molar-refractivity contribution in [2.45, 2.75) is 27.2 Å². The molecule has 3 nitrogen and oxygen atoms in total. The van der Waals surface area contributed by atoms with Crippen LogP contribution in [-0.4, -0.2) is 15.9 Å². The van der Waals surface area contributed by atoms with E-state index in [1.54, 1.807) is 0 Å². The van der Waals surface area contributed by atoms with Gasteiger partial charge in [0, 0.05) is 17.8 Å². The number of anilines is 1. The summed E-state index contributed by atoms with van der Waals surface area (Å²) in [4.78, 5) is 4.84. The van der Waals surface area contributed by atoms with Crippen LogP contribution in [0.5, 0.6) is 0 Å². The van der Waals surface area contributed by atoms with Gasteiger partial charge in [-0.15, -0.1) is 0 Å². The Kier molecular flexibility index (Phi) is 4.14. The van der Waals surface area contributed by atoms with Crippen LogP contribution in [0, 0.1) is 12.8 Å². The third-order valence-electron chi connectivity index (χ3n) is 3.90. The van der Waals surface area contributed by atoms with Crippen LogP contribution in [0.15, 0.2) is 48.5 Å². The minimum atomic E-state index is 0.688. The lowest BCUT2D eigenvalue weighted by Crippen LogP contribution is -2.08. The smallest absolute Gasteiger partial charge is 0.139 e. The van der Waals surface area contributed by atoms with Crippen LogP contribution < -0.4 is 5.32 Å². The lowest BCUT2D eigenvalue weighted by Gasteiger charge is -2.11. The van der Waals surface area contributed by atoms with Gasteiger partial charge in [0.05, 0.1) is 0 Å². The summed E-state index contributed by atoms with van der Waals surface area (Å²) in [6, 6.07) is 16.6. The normalized spacial score (nSPS) is 11.3. The molecule has 0 aliphatic carbocycles. The van der Waals surface area contributed by atoms with Crippen LogP contribution in [0.25, 0.3) is 16.9 Å². The first-order chi connectivity index (χ1) is 10.7. The highest BCUT2D eigenvalue weighted by molar-refractivity contribution is 5.76. The van der Waals surface area contributed by atoms with Crippen LogP contribution in [0.1, 0.15) is 26.0 Å². The molecule has 3 aromatic rings. The summed E-state index contributed by atoms with van der Waals surface area (Å²) in [6.07, 6.45) is 1.15. The summed E-state index contributed by atoms with van der Waals surface area (Å²) < 4.78 is 2.21. The van der Waals surface area contributed by atoms with Crippen molar-refractivity contribution < 1.29 is 0 Å². The van der Waals surface area contributed by atoms with Crippen LogP contribution in [-0.2, 0) is 0 Å². The van der Waals surface area contributed by atoms with Crippen molar-refractivity contribution in [1.29, 1.82) is 0 Å². The molecular weight excluding hydrogens is 270 g/mol. The number of nitrogens with one attached hydrogen (secondary N) is 1. The predicted octanol–water partition coefficient (Wildman–Crippen LogP) is 4.77. The number of imidazole rings is 1. The fourth-order valence-electron chi connectivity index (χ4n) is 2.69. The first-order valence-electron chi connectivity index (χ1n) is 7.94. The van der Waals surface area contributed by atoms with Gasteiger partial charge >= 0.3 is 0 Å². The van der Waals surface area contributed by atoms with E-state index in [4.69, 9.17) is 4.98 Å². The Morgan fingerprint density at radius 1 is 1.05 bits per heavy atom. The number of nitrogens with zero attached hydrogens (tertiary/aromatic N) is 2. The monoisotopic (exact) mass is 293 g/mol. The van der Waals surface area contributed by atoms with Crippen molar-refractivity contribution in [2.24, 2.45) is 5.92 Å². The maximum absolute atomic E-state index is 4.84. The molecule has 0 radical (unpaired) electrons. The molecule has 1 N–H and O–H groups in total. The molecule has 0 unspecified atom stereocenters. The second kappa shape index (κ2) is 6.22. The molecule has 0 aliphatic rings. The Balaban J connectivity index is 2.08. The summed E-state index contributed by atoms with van der Waals surface area (Å²) in [6.45, 7) is 7.58. The lowest BCUT2D eigenvalue weighted by atomic mass is 10.1. The number of hydrogen-bond acceptors (Lipinski definition) is 2. The molecule has 0 bridgehead atoms. The van der Waals surface area contributed by atoms with Gasteiger partial charge in [-0.2, -0.15) is 0 Å². The third kappa shape index (κ3) is 2.84. The van der Waals surface area contributed by atoms with Crippen molar-refractivity contribution in [1.82, 2.24) is 9.38 Å². The van der Waals surface area contributed by atoms with Crippen LogP contribution >= 0.6 is 0 Å². The van der Waals surface area contributed by atoms with Gasteiger partial charge in [0.25, 0.3) is 0 Å². The zero-order valence-electron chi connectivity index (χ0n) is 13.5. The Morgan fingerprint density at radius 2 is 1.82 bits per heavy atom. The van der Waals surface area contributed by atoms with E-state index in [9.17, 15) is 0 Å². The molecule has 1 aromatic carbocycles. The molecule has 0 spiro atoms. The standard InChI is InChI=1S/C19H23N3/c1-14(2)12-13-20-19-18(16-9-5-4-6-10-16)21-17-11-7-8-15(3)22(17)19/h4-11,14,20H,12-13H2,1-3H3. The molecular formula is C19H23N3. The highest BCUT2D eigenvalue weighted by atomic mass is 15.1. The fourth-order valence-corrected chi connectivity index (χ4v) is 2.69. The highest BCUT2D eigenvalue weighted by Gasteiger charge is 2.14. The summed E-state index contributed by atoms with van der Waals surface area (Å²) in [7, 11) is 0. The first-order valence-corrected chi connectivity index (χ1v) is 7.94. The van der Waals surface area contributed by atoms with Crippen LogP contribution in [0.2, 0.25) is 0 Å². The van der Waals surface area contributed by atoms with Crippen molar-refractivity contribution in [3.63, 3.8) is 0 Å². The minimum Gasteiger partial charge on any atom is -0.369 e. The number of fused-ring (bicyclic) bond motifs is 1. The molecule has 0 saturated heterocycles. The topological polar surface area (TPSA) is 29.3 Å². The van der Waals surface area contributed by atoms with Crippen molar-refractivity contribution in [2.75, 3.05) is 11.9 Å². The third-order valence-corrected chi connectivity index (χ3v) is 3.90. The molecule has 0 amide bonds. The predicted molar refractivity (Wildman–Crippen MR) is 93.3 cm³/mol. The Morgan fingerprint density at radius 3 is 2.55 bits per heavy atom. The van der Waals surface area contributed by atoms with Gasteiger partial charge in [0.15, 0.2) is 0 Å². The van der Waals surface area contributed by atoms with Gasteiger partial charge in [0.1, 0.15) is 17.2 Å². The van der Waals surface area contributed by atoms with E-state index in [0.29, 0.717) is 5.92 Å². The Hall–Kier alpha value is -2.29. The molecule has 0 fully saturated rings. The SMILES string of the molecule is Cc1cccc2nc(-c3ccccc3)c(NCCC(C)C)n12. The Labute approximate surface area is 132 Å². The van der Waals surface area contributed by atoms with Gasteiger partial charge in [-0.25, -0.2) is 4.98 Å². The maximum Gasteiger partial charge on any atom is 0.139 e. The summed E-state index contributed by atoms with van der Waals surface area (Å²) in [5.41, 5.74) is 4.36. The second-order valence-corrected chi connectivity index (χ2v) is 6.15. The highest BCUT2D eigenvalue weighted by Crippen LogP contribution is 2.29. The summed E-state index contributed by atoms with van der Waals surface area (Å²) in [5.74, 6) is 1.79. The van der Waals surface area contributed by atoms with E-state index in [0.717, 1.165) is 35.7 Å². The maximum atomic E-state index is 4.84. The second-order valence-electron chi connectivity index (χ2n) is 6.15.